The number of anilines is 1. The van der Waals surface area contributed by atoms with Crippen molar-refractivity contribution in [2.24, 2.45) is 5.92 Å². The Morgan fingerprint density at radius 2 is 1.77 bits per heavy atom. The van der Waals surface area contributed by atoms with E-state index >= 15 is 0 Å². The number of aryl methyl sites for hydroxylation is 2. The Hall–Kier alpha value is -3.03. The van der Waals surface area contributed by atoms with Gasteiger partial charge in [-0.25, -0.2) is 9.97 Å². The predicted octanol–water partition coefficient (Wildman–Crippen LogP) is 3.04. The smallest absolute Gasteiger partial charge is 0.269 e. The lowest BCUT2D eigenvalue weighted by Crippen LogP contribution is -2.51. The Bertz CT molecular complexity index is 948. The van der Waals surface area contributed by atoms with E-state index < -0.39 is 0 Å². The maximum atomic E-state index is 12.5. The van der Waals surface area contributed by atoms with Gasteiger partial charge in [-0.1, -0.05) is 18.6 Å². The Balaban J connectivity index is 1.52. The SMILES string of the molecule is Cc1nc(C)c(Cc2ccc([N+](=O)[O-])cc2)c(N2CCN(C(=O)C3CCC3)CC2)n1. The van der Waals surface area contributed by atoms with Gasteiger partial charge in [0.15, 0.2) is 0 Å². The van der Waals surface area contributed by atoms with Crippen LogP contribution in [0.1, 0.15) is 41.9 Å². The van der Waals surface area contributed by atoms with E-state index in [-0.39, 0.29) is 16.5 Å². The van der Waals surface area contributed by atoms with Gasteiger partial charge in [0.1, 0.15) is 11.6 Å². The number of rotatable bonds is 5. The fourth-order valence-electron chi connectivity index (χ4n) is 4.18. The Morgan fingerprint density at radius 1 is 1.10 bits per heavy atom. The fourth-order valence-corrected chi connectivity index (χ4v) is 4.18. The molecule has 0 N–H and O–H groups in total. The van der Waals surface area contributed by atoms with E-state index in [1.165, 1.54) is 18.6 Å². The van der Waals surface area contributed by atoms with Crippen molar-refractivity contribution in [3.05, 3.63) is 57.0 Å². The van der Waals surface area contributed by atoms with Gasteiger partial charge in [0.2, 0.25) is 5.91 Å². The summed E-state index contributed by atoms with van der Waals surface area (Å²) in [6, 6.07) is 6.64. The van der Waals surface area contributed by atoms with Crippen molar-refractivity contribution in [1.29, 1.82) is 0 Å². The first-order valence-corrected chi connectivity index (χ1v) is 10.5. The highest BCUT2D eigenvalue weighted by atomic mass is 16.6. The Morgan fingerprint density at radius 3 is 2.33 bits per heavy atom. The molecule has 2 aliphatic rings. The minimum atomic E-state index is -0.389. The molecule has 0 spiro atoms. The second kappa shape index (κ2) is 8.38. The molecule has 0 radical (unpaired) electrons. The van der Waals surface area contributed by atoms with Crippen molar-refractivity contribution < 1.29 is 9.72 Å². The van der Waals surface area contributed by atoms with Crippen LogP contribution in [0.5, 0.6) is 0 Å². The average Bonchev–Trinajstić information content (AvgIpc) is 2.69. The first kappa shape index (κ1) is 20.3. The maximum absolute atomic E-state index is 12.5. The van der Waals surface area contributed by atoms with Gasteiger partial charge in [0, 0.05) is 61.9 Å². The number of amides is 1. The van der Waals surface area contributed by atoms with Crippen LogP contribution < -0.4 is 4.90 Å². The summed E-state index contributed by atoms with van der Waals surface area (Å²) in [6.07, 6.45) is 3.84. The summed E-state index contributed by atoms with van der Waals surface area (Å²) >= 11 is 0. The van der Waals surface area contributed by atoms with E-state index in [2.05, 4.69) is 9.88 Å². The minimum absolute atomic E-state index is 0.0862. The molecule has 1 amide bonds. The number of aromatic nitrogens is 2. The topological polar surface area (TPSA) is 92.5 Å². The molecule has 0 bridgehead atoms. The zero-order chi connectivity index (χ0) is 21.3. The lowest BCUT2D eigenvalue weighted by molar-refractivity contribution is -0.384. The molecule has 1 aromatic carbocycles. The van der Waals surface area contributed by atoms with Crippen LogP contribution in [0, 0.1) is 29.9 Å². The number of carbonyl (C=O) groups excluding carboxylic acids is 1. The standard InChI is InChI=1S/C22H27N5O3/c1-15-20(14-17-6-8-19(9-7-17)27(29)30)21(24-16(2)23-15)25-10-12-26(13-11-25)22(28)18-4-3-5-18/h6-9,18H,3-5,10-14H2,1-2H3. The number of nitrogens with zero attached hydrogens (tertiary/aromatic N) is 5. The van der Waals surface area contributed by atoms with Crippen LogP contribution in [-0.4, -0.2) is 51.9 Å². The molecule has 4 rings (SSSR count). The van der Waals surface area contributed by atoms with Crippen molar-refractivity contribution in [3.8, 4) is 0 Å². The van der Waals surface area contributed by atoms with Crippen molar-refractivity contribution in [2.45, 2.75) is 39.5 Å². The highest BCUT2D eigenvalue weighted by Crippen LogP contribution is 2.30. The maximum Gasteiger partial charge on any atom is 0.269 e. The molecular weight excluding hydrogens is 382 g/mol. The molecule has 1 aromatic heterocycles. The molecule has 2 fully saturated rings. The number of piperazine rings is 1. The summed E-state index contributed by atoms with van der Waals surface area (Å²) in [5.41, 5.74) is 3.02. The molecular formula is C22H27N5O3. The largest absolute Gasteiger partial charge is 0.353 e. The molecule has 158 valence electrons. The monoisotopic (exact) mass is 409 g/mol. The first-order chi connectivity index (χ1) is 14.4. The lowest BCUT2D eigenvalue weighted by Gasteiger charge is -2.39. The van der Waals surface area contributed by atoms with E-state index in [9.17, 15) is 14.9 Å². The molecule has 0 atom stereocenters. The van der Waals surface area contributed by atoms with Gasteiger partial charge in [-0.15, -0.1) is 0 Å². The van der Waals surface area contributed by atoms with Gasteiger partial charge in [-0.05, 0) is 32.3 Å². The van der Waals surface area contributed by atoms with Crippen LogP contribution >= 0.6 is 0 Å². The van der Waals surface area contributed by atoms with Crippen LogP contribution in [0.25, 0.3) is 0 Å². The second-order valence-corrected chi connectivity index (χ2v) is 8.20. The van der Waals surface area contributed by atoms with Crippen molar-refractivity contribution in [1.82, 2.24) is 14.9 Å². The Labute approximate surface area is 176 Å². The molecule has 1 saturated carbocycles. The number of non-ortho nitro benzene ring substituents is 1. The number of nitro benzene ring substituents is 1. The lowest BCUT2D eigenvalue weighted by atomic mass is 9.84. The number of carbonyl (C=O) groups is 1. The van der Waals surface area contributed by atoms with Gasteiger partial charge >= 0.3 is 0 Å². The van der Waals surface area contributed by atoms with E-state index in [0.29, 0.717) is 25.4 Å². The minimum Gasteiger partial charge on any atom is -0.353 e. The third-order valence-electron chi connectivity index (χ3n) is 6.18. The van der Waals surface area contributed by atoms with Crippen LogP contribution in [-0.2, 0) is 11.2 Å². The van der Waals surface area contributed by atoms with Crippen molar-refractivity contribution in [2.75, 3.05) is 31.1 Å². The van der Waals surface area contributed by atoms with E-state index in [0.717, 1.165) is 54.4 Å². The van der Waals surface area contributed by atoms with Gasteiger partial charge in [-0.2, -0.15) is 0 Å². The molecule has 1 aliphatic carbocycles. The highest BCUT2D eigenvalue weighted by Gasteiger charge is 2.32. The molecule has 8 nitrogen and oxygen atoms in total. The zero-order valence-corrected chi connectivity index (χ0v) is 17.5. The summed E-state index contributed by atoms with van der Waals surface area (Å²) < 4.78 is 0. The van der Waals surface area contributed by atoms with Gasteiger partial charge in [-0.3, -0.25) is 14.9 Å². The number of benzene rings is 1. The number of hydrogen-bond donors (Lipinski definition) is 0. The summed E-state index contributed by atoms with van der Waals surface area (Å²) in [5.74, 6) is 2.18. The molecule has 8 heteroatoms. The molecule has 0 unspecified atom stereocenters. The van der Waals surface area contributed by atoms with Crippen LogP contribution in [0.4, 0.5) is 11.5 Å². The van der Waals surface area contributed by atoms with Crippen molar-refractivity contribution >= 4 is 17.4 Å². The average molecular weight is 409 g/mol. The predicted molar refractivity (Wildman–Crippen MR) is 114 cm³/mol. The van der Waals surface area contributed by atoms with Gasteiger partial charge in [0.05, 0.1) is 4.92 Å². The summed E-state index contributed by atoms with van der Waals surface area (Å²) in [4.78, 5) is 36.6. The molecule has 30 heavy (non-hydrogen) atoms. The van der Waals surface area contributed by atoms with E-state index in [4.69, 9.17) is 4.98 Å². The third kappa shape index (κ3) is 4.13. The van der Waals surface area contributed by atoms with Gasteiger partial charge in [0.25, 0.3) is 5.69 Å². The zero-order valence-electron chi connectivity index (χ0n) is 17.5. The summed E-state index contributed by atoms with van der Waals surface area (Å²) in [5, 5.41) is 10.9. The summed E-state index contributed by atoms with van der Waals surface area (Å²) in [6.45, 7) is 6.81. The molecule has 1 aliphatic heterocycles. The van der Waals surface area contributed by atoms with Crippen LogP contribution in [0.3, 0.4) is 0 Å². The molecule has 2 aromatic rings. The normalized spacial score (nSPS) is 17.0. The van der Waals surface area contributed by atoms with Gasteiger partial charge < -0.3 is 9.80 Å². The van der Waals surface area contributed by atoms with E-state index in [1.807, 2.05) is 18.7 Å². The number of hydrogen-bond acceptors (Lipinski definition) is 6. The fraction of sp³-hybridized carbons (Fsp3) is 0.500. The van der Waals surface area contributed by atoms with Crippen molar-refractivity contribution in [3.63, 3.8) is 0 Å². The summed E-state index contributed by atoms with van der Waals surface area (Å²) in [7, 11) is 0. The third-order valence-corrected chi connectivity index (χ3v) is 6.18. The number of nitro groups is 1. The van der Waals surface area contributed by atoms with E-state index in [1.54, 1.807) is 12.1 Å². The van der Waals surface area contributed by atoms with Crippen LogP contribution in [0.15, 0.2) is 24.3 Å². The van der Waals surface area contributed by atoms with Crippen LogP contribution in [0.2, 0.25) is 0 Å². The Kier molecular flexibility index (Phi) is 5.65. The molecule has 1 saturated heterocycles. The second-order valence-electron chi connectivity index (χ2n) is 8.20. The highest BCUT2D eigenvalue weighted by molar-refractivity contribution is 5.80. The quantitative estimate of drug-likeness (QED) is 0.557. The first-order valence-electron chi connectivity index (χ1n) is 10.5. The molecule has 2 heterocycles.